The first kappa shape index (κ1) is 29.2. The fourth-order valence-electron chi connectivity index (χ4n) is 6.02. The average molecular weight is 599 g/mol. The van der Waals surface area contributed by atoms with Gasteiger partial charge in [-0.2, -0.15) is 0 Å². The minimum atomic E-state index is -4.07. The largest absolute Gasteiger partial charge is 0.453 e. The summed E-state index contributed by atoms with van der Waals surface area (Å²) in [5, 5.41) is 19.8. The van der Waals surface area contributed by atoms with Gasteiger partial charge < -0.3 is 19.6 Å². The fourth-order valence-corrected chi connectivity index (χ4v) is 7.10. The molecule has 3 aliphatic heterocycles. The van der Waals surface area contributed by atoms with E-state index in [2.05, 4.69) is 5.32 Å². The van der Waals surface area contributed by atoms with Crippen LogP contribution in [0.2, 0.25) is 5.02 Å². The van der Waals surface area contributed by atoms with Crippen LogP contribution in [-0.2, 0) is 25.2 Å². The molecule has 0 radical (unpaired) electrons. The predicted octanol–water partition coefficient (Wildman–Crippen LogP) is 2.81. The number of nitrogens with zero attached hydrogens (tertiary/aromatic N) is 1. The van der Waals surface area contributed by atoms with E-state index in [-0.39, 0.29) is 27.5 Å². The van der Waals surface area contributed by atoms with Crippen molar-refractivity contribution in [3.05, 3.63) is 101 Å². The zero-order chi connectivity index (χ0) is 29.3. The average Bonchev–Trinajstić information content (AvgIpc) is 2.97. The van der Waals surface area contributed by atoms with Crippen molar-refractivity contribution in [1.82, 2.24) is 5.32 Å². The van der Waals surface area contributed by atoms with Gasteiger partial charge in [0.2, 0.25) is 15.6 Å². The Labute approximate surface area is 244 Å². The molecule has 0 unspecified atom stereocenters. The number of nitrogens with one attached hydrogen (secondary N) is 1. The second-order valence-corrected chi connectivity index (χ2v) is 12.8. The van der Waals surface area contributed by atoms with E-state index in [4.69, 9.17) is 21.5 Å². The predicted molar refractivity (Wildman–Crippen MR) is 153 cm³/mol. The lowest BCUT2D eigenvalue weighted by atomic mass is 9.82. The van der Waals surface area contributed by atoms with Gasteiger partial charge in [0.25, 0.3) is 5.91 Å². The van der Waals surface area contributed by atoms with Crippen LogP contribution in [0.1, 0.15) is 34.3 Å². The van der Waals surface area contributed by atoms with E-state index in [1.807, 2.05) is 12.1 Å². The monoisotopic (exact) mass is 598 g/mol. The van der Waals surface area contributed by atoms with Crippen molar-refractivity contribution < 1.29 is 32.3 Å². The summed E-state index contributed by atoms with van der Waals surface area (Å²) in [5.41, 5.74) is -0.917. The Morgan fingerprint density at radius 1 is 1.00 bits per heavy atom. The summed E-state index contributed by atoms with van der Waals surface area (Å²) < 4.78 is 30.3. The summed E-state index contributed by atoms with van der Waals surface area (Å²) in [6.45, 7) is 3.33. The molecule has 3 aromatic carbocycles. The van der Waals surface area contributed by atoms with Gasteiger partial charge in [0.05, 0.1) is 31.2 Å². The minimum absolute atomic E-state index is 0.0504. The molecule has 4 N–H and O–H groups in total. The highest BCUT2D eigenvalue weighted by Gasteiger charge is 2.50. The third kappa shape index (κ3) is 6.02. The van der Waals surface area contributed by atoms with Crippen LogP contribution in [0, 0.1) is 5.92 Å². The van der Waals surface area contributed by atoms with E-state index >= 15 is 0 Å². The van der Waals surface area contributed by atoms with Crippen LogP contribution in [0.4, 0.5) is 0 Å². The van der Waals surface area contributed by atoms with Gasteiger partial charge in [-0.05, 0) is 29.3 Å². The number of carbonyl (C=O) groups excluding carboxylic acids is 2. The first-order valence-corrected chi connectivity index (χ1v) is 15.4. The number of nitrogens with two attached hydrogens (primary N) is 1. The van der Waals surface area contributed by atoms with Gasteiger partial charge in [-0.25, -0.2) is 18.4 Å². The number of carbonyl (C=O) groups is 2. The molecule has 3 saturated heterocycles. The third-order valence-corrected chi connectivity index (χ3v) is 9.74. The van der Waals surface area contributed by atoms with Crippen LogP contribution in [0.15, 0.2) is 83.8 Å². The van der Waals surface area contributed by atoms with Crippen LogP contribution in [0.3, 0.4) is 0 Å². The van der Waals surface area contributed by atoms with Crippen molar-refractivity contribution in [3.63, 3.8) is 0 Å². The summed E-state index contributed by atoms with van der Waals surface area (Å²) in [4.78, 5) is 26.2. The molecule has 0 saturated carbocycles. The molecule has 3 aromatic rings. The number of ether oxygens (including phenoxy) is 1. The molecule has 6 rings (SSSR count). The van der Waals surface area contributed by atoms with Gasteiger partial charge in [-0.1, -0.05) is 72.3 Å². The Balaban J connectivity index is 1.26. The molecule has 0 aliphatic carbocycles. The van der Waals surface area contributed by atoms with Crippen molar-refractivity contribution in [2.75, 3.05) is 32.7 Å². The zero-order valence-electron chi connectivity index (χ0n) is 22.4. The Kier molecular flexibility index (Phi) is 8.22. The minimum Gasteiger partial charge on any atom is -0.453 e. The number of benzene rings is 3. The molecule has 1 atom stereocenters. The molecule has 11 heteroatoms. The second-order valence-electron chi connectivity index (χ2n) is 10.9. The topological polar surface area (TPSA) is 136 Å². The quantitative estimate of drug-likeness (QED) is 0.256. The summed E-state index contributed by atoms with van der Waals surface area (Å²) in [7, 11) is -4.07. The number of piperidine rings is 3. The van der Waals surface area contributed by atoms with Gasteiger partial charge in [-0.15, -0.1) is 0 Å². The normalized spacial score (nSPS) is 22.2. The van der Waals surface area contributed by atoms with Crippen LogP contribution in [0.5, 0.6) is 0 Å². The van der Waals surface area contributed by atoms with Crippen molar-refractivity contribution in [1.29, 1.82) is 0 Å². The number of fused-ring (bicyclic) bond motifs is 3. The standard InChI is InChI=1S/C30H32ClN3O6S/c31-25-12-11-22(19-27(25)41(32,38)39)28(35)33-15-18-34-16-13-21(14-17-34)26(20-34)40-29(36)30(37,23-7-3-1-4-8-23)24-9-5-2-6-10-24/h1-12,19,21,26,37H,13-18,20H2,(H2-,32,33,35,38,39)/p+1/t21?,26-,34?/m0/s1. The number of halogens is 1. The van der Waals surface area contributed by atoms with Gasteiger partial charge in [0.1, 0.15) is 11.4 Å². The maximum absolute atomic E-state index is 13.7. The maximum atomic E-state index is 13.7. The number of esters is 1. The third-order valence-electron chi connectivity index (χ3n) is 8.35. The molecule has 0 aromatic heterocycles. The molecule has 2 bridgehead atoms. The number of hydrogen-bond donors (Lipinski definition) is 3. The number of quaternary nitrogens is 1. The summed E-state index contributed by atoms with van der Waals surface area (Å²) >= 11 is 5.94. The zero-order valence-corrected chi connectivity index (χ0v) is 24.0. The van der Waals surface area contributed by atoms with E-state index < -0.39 is 27.5 Å². The van der Waals surface area contributed by atoms with E-state index in [0.29, 0.717) is 35.2 Å². The smallest absolute Gasteiger partial charge is 0.348 e. The van der Waals surface area contributed by atoms with Crippen molar-refractivity contribution in [2.45, 2.75) is 29.4 Å². The Bertz CT molecular complexity index is 1490. The molecule has 9 nitrogen and oxygen atoms in total. The second kappa shape index (κ2) is 11.5. The van der Waals surface area contributed by atoms with Crippen LogP contribution in [-0.4, -0.2) is 68.7 Å². The highest BCUT2D eigenvalue weighted by Crippen LogP contribution is 2.38. The van der Waals surface area contributed by atoms with E-state index in [1.165, 1.54) is 18.2 Å². The first-order valence-electron chi connectivity index (χ1n) is 13.5. The van der Waals surface area contributed by atoms with E-state index in [0.717, 1.165) is 25.9 Å². The van der Waals surface area contributed by atoms with Gasteiger partial charge in [0.15, 0.2) is 6.10 Å². The lowest BCUT2D eigenvalue weighted by Gasteiger charge is -2.52. The van der Waals surface area contributed by atoms with E-state index in [9.17, 15) is 23.1 Å². The molecule has 0 spiro atoms. The Morgan fingerprint density at radius 3 is 2.15 bits per heavy atom. The number of sulfonamides is 1. The van der Waals surface area contributed by atoms with Gasteiger partial charge in [-0.3, -0.25) is 4.79 Å². The lowest BCUT2D eigenvalue weighted by molar-refractivity contribution is -0.945. The van der Waals surface area contributed by atoms with Gasteiger partial charge >= 0.3 is 5.97 Å². The number of hydrogen-bond acceptors (Lipinski definition) is 6. The molecular formula is C30H33ClN3O6S+. The van der Waals surface area contributed by atoms with Crippen molar-refractivity contribution in [2.24, 2.45) is 11.1 Å². The number of rotatable bonds is 9. The number of primary sulfonamides is 1. The van der Waals surface area contributed by atoms with Crippen LogP contribution in [0.25, 0.3) is 0 Å². The lowest BCUT2D eigenvalue weighted by Crippen LogP contribution is -2.66. The molecule has 1 amide bonds. The summed E-state index contributed by atoms with van der Waals surface area (Å²) in [5.74, 6) is -0.932. The Morgan fingerprint density at radius 2 is 1.59 bits per heavy atom. The number of aliphatic hydroxyl groups is 1. The van der Waals surface area contributed by atoms with Crippen LogP contribution >= 0.6 is 11.6 Å². The molecule has 41 heavy (non-hydrogen) atoms. The van der Waals surface area contributed by atoms with Crippen LogP contribution < -0.4 is 10.5 Å². The molecule has 3 heterocycles. The summed E-state index contributed by atoms with van der Waals surface area (Å²) in [6.07, 6.45) is 1.37. The Hall–Kier alpha value is -3.28. The highest BCUT2D eigenvalue weighted by molar-refractivity contribution is 7.89. The number of amides is 1. The SMILES string of the molecule is NS(=O)(=O)c1cc(C(=O)NCC[N+]23CCC(CC2)[C@@H](OC(=O)C(O)(c2ccccc2)c2ccccc2)C3)ccc1Cl. The first-order chi connectivity index (χ1) is 19.5. The summed E-state index contributed by atoms with van der Waals surface area (Å²) in [6, 6.07) is 21.6. The van der Waals surface area contributed by atoms with E-state index in [1.54, 1.807) is 48.5 Å². The van der Waals surface area contributed by atoms with Crippen molar-refractivity contribution >= 4 is 33.5 Å². The highest BCUT2D eigenvalue weighted by atomic mass is 35.5. The molecule has 3 aliphatic rings. The fraction of sp³-hybridized carbons (Fsp3) is 0.333. The molecule has 216 valence electrons. The van der Waals surface area contributed by atoms with Gasteiger partial charge in [0, 0.05) is 24.3 Å². The maximum Gasteiger partial charge on any atom is 0.348 e. The molecular weight excluding hydrogens is 566 g/mol. The molecule has 3 fully saturated rings. The van der Waals surface area contributed by atoms with Crippen molar-refractivity contribution in [3.8, 4) is 0 Å².